The van der Waals surface area contributed by atoms with E-state index in [1.165, 1.54) is 11.8 Å². The van der Waals surface area contributed by atoms with Crippen molar-refractivity contribution >= 4 is 34.6 Å². The first kappa shape index (κ1) is 17.1. The second-order valence-electron chi connectivity index (χ2n) is 5.38. The van der Waals surface area contributed by atoms with Crippen LogP contribution in [0.2, 0.25) is 0 Å². The Kier molecular flexibility index (Phi) is 5.09. The molecule has 0 spiro atoms. The van der Waals surface area contributed by atoms with Gasteiger partial charge in [-0.2, -0.15) is 0 Å². The van der Waals surface area contributed by atoms with Crippen molar-refractivity contribution in [2.75, 3.05) is 14.2 Å². The molecule has 3 rings (SSSR count). The molecule has 5 nitrogen and oxygen atoms in total. The van der Waals surface area contributed by atoms with Crippen LogP contribution in [0.1, 0.15) is 11.1 Å². The van der Waals surface area contributed by atoms with E-state index >= 15 is 0 Å². The Morgan fingerprint density at radius 2 is 1.92 bits per heavy atom. The minimum Gasteiger partial charge on any atom is -0.497 e. The first-order valence-corrected chi connectivity index (χ1v) is 8.49. The summed E-state index contributed by atoms with van der Waals surface area (Å²) in [4.78, 5) is 17.3. The highest BCUT2D eigenvalue weighted by Crippen LogP contribution is 2.32. The van der Waals surface area contributed by atoms with Gasteiger partial charge in [0.2, 0.25) is 0 Å². The normalized spacial score (nSPS) is 17.0. The lowest BCUT2D eigenvalue weighted by atomic mass is 10.1. The van der Waals surface area contributed by atoms with E-state index in [4.69, 9.17) is 9.47 Å². The lowest BCUT2D eigenvalue weighted by molar-refractivity contribution is -0.115. The first-order valence-electron chi connectivity index (χ1n) is 7.68. The summed E-state index contributed by atoms with van der Waals surface area (Å²) < 4.78 is 10.6. The fourth-order valence-electron chi connectivity index (χ4n) is 2.37. The summed E-state index contributed by atoms with van der Waals surface area (Å²) in [6, 6.07) is 13.2. The zero-order valence-electron chi connectivity index (χ0n) is 14.2. The summed E-state index contributed by atoms with van der Waals surface area (Å²) in [5.74, 6) is 1.19. The Morgan fingerprint density at radius 1 is 1.12 bits per heavy atom. The predicted octanol–water partition coefficient (Wildman–Crippen LogP) is 3.90. The molecule has 1 amide bonds. The van der Waals surface area contributed by atoms with Crippen LogP contribution in [-0.2, 0) is 4.79 Å². The van der Waals surface area contributed by atoms with Crippen molar-refractivity contribution in [3.05, 3.63) is 58.5 Å². The number of aliphatic imine (C=N–C) groups is 1. The van der Waals surface area contributed by atoms with Crippen molar-refractivity contribution in [1.82, 2.24) is 5.32 Å². The smallest absolute Gasteiger partial charge is 0.264 e. The Morgan fingerprint density at radius 3 is 2.64 bits per heavy atom. The fraction of sp³-hybridized carbons (Fsp3) is 0.158. The number of benzene rings is 2. The van der Waals surface area contributed by atoms with Gasteiger partial charge in [-0.1, -0.05) is 18.2 Å². The molecule has 1 N–H and O–H groups in total. The van der Waals surface area contributed by atoms with E-state index in [1.54, 1.807) is 20.3 Å². The molecular formula is C19H18N2O3S. The molecule has 0 atom stereocenters. The van der Waals surface area contributed by atoms with Crippen LogP contribution < -0.4 is 14.8 Å². The van der Waals surface area contributed by atoms with Crippen LogP contribution in [0.3, 0.4) is 0 Å². The SMILES string of the molecule is COc1ccc(OC)c(C=C2SC(=Nc3ccccc3C)NC2=O)c1. The maximum absolute atomic E-state index is 12.3. The molecule has 0 saturated carbocycles. The van der Waals surface area contributed by atoms with E-state index in [1.807, 2.05) is 49.4 Å². The predicted molar refractivity (Wildman–Crippen MR) is 102 cm³/mol. The minimum absolute atomic E-state index is 0.179. The molecule has 0 radical (unpaired) electrons. The summed E-state index contributed by atoms with van der Waals surface area (Å²) in [7, 11) is 3.19. The van der Waals surface area contributed by atoms with Crippen molar-refractivity contribution in [2.45, 2.75) is 6.92 Å². The monoisotopic (exact) mass is 354 g/mol. The number of nitrogens with zero attached hydrogens (tertiary/aromatic N) is 1. The number of hydrogen-bond donors (Lipinski definition) is 1. The van der Waals surface area contributed by atoms with Crippen LogP contribution >= 0.6 is 11.8 Å². The Bertz CT molecular complexity index is 875. The van der Waals surface area contributed by atoms with Crippen molar-refractivity contribution in [1.29, 1.82) is 0 Å². The number of hydrogen-bond acceptors (Lipinski definition) is 5. The summed E-state index contributed by atoms with van der Waals surface area (Å²) in [6.07, 6.45) is 1.78. The van der Waals surface area contributed by atoms with Gasteiger partial charge in [-0.15, -0.1) is 0 Å². The van der Waals surface area contributed by atoms with Crippen molar-refractivity contribution in [3.8, 4) is 11.5 Å². The molecule has 128 valence electrons. The van der Waals surface area contributed by atoms with Crippen LogP contribution in [0.15, 0.2) is 52.4 Å². The van der Waals surface area contributed by atoms with Gasteiger partial charge in [0.1, 0.15) is 11.5 Å². The van der Waals surface area contributed by atoms with Crippen molar-refractivity contribution < 1.29 is 14.3 Å². The molecule has 1 aliphatic rings. The van der Waals surface area contributed by atoms with Crippen LogP contribution in [0.25, 0.3) is 6.08 Å². The van der Waals surface area contributed by atoms with Crippen LogP contribution in [0.5, 0.6) is 11.5 Å². The maximum Gasteiger partial charge on any atom is 0.264 e. The van der Waals surface area contributed by atoms with Crippen LogP contribution in [-0.4, -0.2) is 25.3 Å². The third-order valence-corrected chi connectivity index (χ3v) is 4.62. The average molecular weight is 354 g/mol. The van der Waals surface area contributed by atoms with Crippen molar-refractivity contribution in [2.24, 2.45) is 4.99 Å². The molecule has 25 heavy (non-hydrogen) atoms. The van der Waals surface area contributed by atoms with Gasteiger partial charge in [-0.05, 0) is 54.6 Å². The lowest BCUT2D eigenvalue weighted by Crippen LogP contribution is -2.19. The van der Waals surface area contributed by atoms with Gasteiger partial charge < -0.3 is 14.8 Å². The highest BCUT2D eigenvalue weighted by molar-refractivity contribution is 8.18. The molecule has 1 saturated heterocycles. The number of thioether (sulfide) groups is 1. The molecule has 0 bridgehead atoms. The summed E-state index contributed by atoms with van der Waals surface area (Å²) in [5.41, 5.74) is 2.67. The number of aryl methyl sites for hydroxylation is 1. The standard InChI is InChI=1S/C19H18N2O3S/c1-12-6-4-5-7-15(12)20-19-21-18(22)17(25-19)11-13-10-14(23-2)8-9-16(13)24-3/h4-11H,1-3H3,(H,20,21,22). The number of rotatable bonds is 4. The highest BCUT2D eigenvalue weighted by atomic mass is 32.2. The van der Waals surface area contributed by atoms with Gasteiger partial charge in [0, 0.05) is 5.56 Å². The second kappa shape index (κ2) is 7.44. The summed E-state index contributed by atoms with van der Waals surface area (Å²) in [6.45, 7) is 1.98. The Balaban J connectivity index is 1.91. The third-order valence-electron chi connectivity index (χ3n) is 3.71. The van der Waals surface area contributed by atoms with Gasteiger partial charge in [0.05, 0.1) is 24.8 Å². The van der Waals surface area contributed by atoms with Gasteiger partial charge in [-0.3, -0.25) is 4.79 Å². The van der Waals surface area contributed by atoms with Gasteiger partial charge in [-0.25, -0.2) is 4.99 Å². The molecule has 0 aromatic heterocycles. The molecule has 2 aromatic rings. The largest absolute Gasteiger partial charge is 0.497 e. The maximum atomic E-state index is 12.3. The molecule has 1 heterocycles. The van der Waals surface area contributed by atoms with E-state index in [0.29, 0.717) is 21.6 Å². The number of ether oxygens (including phenoxy) is 2. The molecule has 2 aromatic carbocycles. The number of amidine groups is 1. The van der Waals surface area contributed by atoms with E-state index < -0.39 is 0 Å². The zero-order chi connectivity index (χ0) is 17.8. The molecule has 1 aliphatic heterocycles. The number of amides is 1. The average Bonchev–Trinajstić information content (AvgIpc) is 2.96. The topological polar surface area (TPSA) is 59.9 Å². The number of para-hydroxylation sites is 1. The summed E-state index contributed by atoms with van der Waals surface area (Å²) in [5, 5.41) is 3.36. The Hall–Kier alpha value is -2.73. The van der Waals surface area contributed by atoms with Gasteiger partial charge >= 0.3 is 0 Å². The quantitative estimate of drug-likeness (QED) is 0.846. The number of carbonyl (C=O) groups is 1. The van der Waals surface area contributed by atoms with Crippen LogP contribution in [0, 0.1) is 6.92 Å². The van der Waals surface area contributed by atoms with E-state index in [9.17, 15) is 4.79 Å². The lowest BCUT2D eigenvalue weighted by Gasteiger charge is -2.07. The number of methoxy groups -OCH3 is 2. The molecule has 1 fully saturated rings. The van der Waals surface area contributed by atoms with E-state index in [2.05, 4.69) is 10.3 Å². The highest BCUT2D eigenvalue weighted by Gasteiger charge is 2.24. The third kappa shape index (κ3) is 3.85. The minimum atomic E-state index is -0.179. The van der Waals surface area contributed by atoms with Gasteiger partial charge in [0.15, 0.2) is 5.17 Å². The first-order chi connectivity index (χ1) is 12.1. The zero-order valence-corrected chi connectivity index (χ0v) is 15.0. The number of nitrogens with one attached hydrogen (secondary N) is 1. The van der Waals surface area contributed by atoms with E-state index in [-0.39, 0.29) is 5.91 Å². The van der Waals surface area contributed by atoms with E-state index in [0.717, 1.165) is 16.8 Å². The molecular weight excluding hydrogens is 336 g/mol. The Labute approximate surface area is 150 Å². The van der Waals surface area contributed by atoms with Crippen molar-refractivity contribution in [3.63, 3.8) is 0 Å². The second-order valence-corrected chi connectivity index (χ2v) is 6.41. The van der Waals surface area contributed by atoms with Crippen LogP contribution in [0.4, 0.5) is 5.69 Å². The molecule has 0 aliphatic carbocycles. The van der Waals surface area contributed by atoms with Gasteiger partial charge in [0.25, 0.3) is 5.91 Å². The molecule has 0 unspecified atom stereocenters. The number of carbonyl (C=O) groups excluding carboxylic acids is 1. The summed E-state index contributed by atoms with van der Waals surface area (Å²) >= 11 is 1.30. The molecule has 6 heteroatoms. The fourth-order valence-corrected chi connectivity index (χ4v) is 3.20.